The Morgan fingerprint density at radius 1 is 1.26 bits per heavy atom. The maximum Gasteiger partial charge on any atom is 0.252 e. The lowest BCUT2D eigenvalue weighted by Crippen LogP contribution is -2.38. The molecule has 1 aromatic carbocycles. The molecule has 0 aliphatic rings. The van der Waals surface area contributed by atoms with Crippen molar-refractivity contribution in [2.24, 2.45) is 5.92 Å². The molecule has 0 heterocycles. The predicted molar refractivity (Wildman–Crippen MR) is 79.1 cm³/mol. The number of amides is 2. The van der Waals surface area contributed by atoms with Gasteiger partial charge in [-0.1, -0.05) is 26.0 Å². The molecule has 0 saturated heterocycles. The zero-order valence-corrected chi connectivity index (χ0v) is 13.0. The number of hydrogen-bond acceptors (Lipinski definition) is 2. The van der Waals surface area contributed by atoms with Crippen molar-refractivity contribution in [2.75, 3.05) is 13.1 Å². The van der Waals surface area contributed by atoms with Gasteiger partial charge < -0.3 is 10.6 Å². The molecule has 0 spiro atoms. The highest BCUT2D eigenvalue weighted by Gasteiger charge is 2.12. The molecule has 0 aromatic heterocycles. The lowest BCUT2D eigenvalue weighted by Gasteiger charge is -2.10. The second kappa shape index (κ2) is 7.28. The van der Waals surface area contributed by atoms with Crippen LogP contribution in [0.15, 0.2) is 22.7 Å². The van der Waals surface area contributed by atoms with Gasteiger partial charge in [0.15, 0.2) is 0 Å². The average molecular weight is 327 g/mol. The third-order valence-corrected chi connectivity index (χ3v) is 3.61. The van der Waals surface area contributed by atoms with Crippen LogP contribution in [0, 0.1) is 12.8 Å². The summed E-state index contributed by atoms with van der Waals surface area (Å²) in [6, 6.07) is 5.45. The fourth-order valence-electron chi connectivity index (χ4n) is 1.46. The predicted octanol–water partition coefficient (Wildman–Crippen LogP) is 2.26. The molecule has 2 N–H and O–H groups in total. The van der Waals surface area contributed by atoms with Gasteiger partial charge >= 0.3 is 0 Å². The molecule has 1 aromatic rings. The van der Waals surface area contributed by atoms with Crippen LogP contribution in [0.5, 0.6) is 0 Å². The van der Waals surface area contributed by atoms with E-state index in [0.717, 1.165) is 10.0 Å². The lowest BCUT2D eigenvalue weighted by atomic mass is 10.1. The molecule has 104 valence electrons. The Kier molecular flexibility index (Phi) is 6.02. The van der Waals surface area contributed by atoms with Gasteiger partial charge in [-0.15, -0.1) is 0 Å². The van der Waals surface area contributed by atoms with Crippen molar-refractivity contribution in [1.82, 2.24) is 10.6 Å². The number of nitrogens with one attached hydrogen (secondary N) is 2. The first-order chi connectivity index (χ1) is 8.91. The molecular formula is C14H19BrN2O2. The molecule has 0 aliphatic heterocycles. The van der Waals surface area contributed by atoms with Gasteiger partial charge in [0, 0.05) is 11.0 Å². The third-order valence-electron chi connectivity index (χ3n) is 2.55. The summed E-state index contributed by atoms with van der Waals surface area (Å²) in [5.41, 5.74) is 1.52. The molecular weight excluding hydrogens is 308 g/mol. The van der Waals surface area contributed by atoms with E-state index < -0.39 is 0 Å². The molecule has 0 saturated carbocycles. The first kappa shape index (κ1) is 15.7. The highest BCUT2D eigenvalue weighted by molar-refractivity contribution is 9.10. The van der Waals surface area contributed by atoms with Gasteiger partial charge in [0.25, 0.3) is 5.91 Å². The van der Waals surface area contributed by atoms with Crippen LogP contribution >= 0.6 is 15.9 Å². The molecule has 0 radical (unpaired) electrons. The number of rotatable bonds is 5. The van der Waals surface area contributed by atoms with Crippen LogP contribution < -0.4 is 10.6 Å². The number of carbonyl (C=O) groups excluding carboxylic acids is 2. The van der Waals surface area contributed by atoms with Gasteiger partial charge in [-0.05, 0) is 40.4 Å². The van der Waals surface area contributed by atoms with Crippen molar-refractivity contribution >= 4 is 27.7 Å². The molecule has 4 nitrogen and oxygen atoms in total. The van der Waals surface area contributed by atoms with Crippen molar-refractivity contribution in [2.45, 2.75) is 20.8 Å². The van der Waals surface area contributed by atoms with E-state index >= 15 is 0 Å². The number of hydrogen-bond donors (Lipinski definition) is 2. The molecule has 0 aliphatic carbocycles. The van der Waals surface area contributed by atoms with Crippen LogP contribution in [0.3, 0.4) is 0 Å². The summed E-state index contributed by atoms with van der Waals surface area (Å²) >= 11 is 3.38. The van der Waals surface area contributed by atoms with Crippen LogP contribution in [-0.2, 0) is 4.79 Å². The van der Waals surface area contributed by atoms with E-state index in [2.05, 4.69) is 26.6 Å². The molecule has 2 amide bonds. The standard InChI is InChI=1S/C14H19BrN2O2/c1-9(2)7-16-12(18)8-17-14(19)11-6-4-5-10(3)13(11)15/h4-6,9H,7-8H2,1-3H3,(H,16,18)(H,17,19). The quantitative estimate of drug-likeness (QED) is 0.872. The highest BCUT2D eigenvalue weighted by Crippen LogP contribution is 2.20. The first-order valence-electron chi connectivity index (χ1n) is 6.21. The van der Waals surface area contributed by atoms with E-state index in [9.17, 15) is 9.59 Å². The van der Waals surface area contributed by atoms with Gasteiger partial charge in [0.1, 0.15) is 0 Å². The van der Waals surface area contributed by atoms with Crippen molar-refractivity contribution in [1.29, 1.82) is 0 Å². The van der Waals surface area contributed by atoms with Crippen LogP contribution in [-0.4, -0.2) is 24.9 Å². The molecule has 19 heavy (non-hydrogen) atoms. The van der Waals surface area contributed by atoms with Crippen LogP contribution in [0.2, 0.25) is 0 Å². The maximum absolute atomic E-state index is 11.9. The zero-order valence-electron chi connectivity index (χ0n) is 11.4. The monoisotopic (exact) mass is 326 g/mol. The summed E-state index contributed by atoms with van der Waals surface area (Å²) in [6.07, 6.45) is 0. The zero-order chi connectivity index (χ0) is 14.4. The molecule has 0 fully saturated rings. The summed E-state index contributed by atoms with van der Waals surface area (Å²) in [5.74, 6) is -0.0355. The van der Waals surface area contributed by atoms with Crippen molar-refractivity contribution in [3.05, 3.63) is 33.8 Å². The Morgan fingerprint density at radius 3 is 2.58 bits per heavy atom. The molecule has 0 unspecified atom stereocenters. The number of benzene rings is 1. The minimum atomic E-state index is -0.254. The van der Waals surface area contributed by atoms with E-state index in [1.807, 2.05) is 32.9 Å². The molecule has 0 atom stereocenters. The number of aryl methyl sites for hydroxylation is 1. The summed E-state index contributed by atoms with van der Waals surface area (Å²) in [6.45, 7) is 6.55. The Bertz CT molecular complexity index is 473. The van der Waals surface area contributed by atoms with Gasteiger partial charge in [-0.25, -0.2) is 0 Å². The van der Waals surface area contributed by atoms with Crippen molar-refractivity contribution in [3.8, 4) is 0 Å². The van der Waals surface area contributed by atoms with E-state index in [1.54, 1.807) is 6.07 Å². The second-order valence-electron chi connectivity index (χ2n) is 4.82. The van der Waals surface area contributed by atoms with Crippen molar-refractivity contribution < 1.29 is 9.59 Å². The largest absolute Gasteiger partial charge is 0.354 e. The molecule has 0 bridgehead atoms. The Hall–Kier alpha value is -1.36. The van der Waals surface area contributed by atoms with Gasteiger partial charge in [0.05, 0.1) is 12.1 Å². The Balaban J connectivity index is 2.52. The maximum atomic E-state index is 11.9. The summed E-state index contributed by atoms with van der Waals surface area (Å²) in [5, 5.41) is 5.36. The summed E-state index contributed by atoms with van der Waals surface area (Å²) in [7, 11) is 0. The van der Waals surface area contributed by atoms with Crippen molar-refractivity contribution in [3.63, 3.8) is 0 Å². The average Bonchev–Trinajstić information content (AvgIpc) is 2.36. The van der Waals surface area contributed by atoms with Crippen LogP contribution in [0.4, 0.5) is 0 Å². The Labute approximate surface area is 122 Å². The van der Waals surface area contributed by atoms with Crippen LogP contribution in [0.25, 0.3) is 0 Å². The van der Waals surface area contributed by atoms with Crippen LogP contribution in [0.1, 0.15) is 29.8 Å². The fraction of sp³-hybridized carbons (Fsp3) is 0.429. The summed E-state index contributed by atoms with van der Waals surface area (Å²) < 4.78 is 0.759. The van der Waals surface area contributed by atoms with Gasteiger partial charge in [0.2, 0.25) is 5.91 Å². The smallest absolute Gasteiger partial charge is 0.252 e. The highest BCUT2D eigenvalue weighted by atomic mass is 79.9. The number of halogens is 1. The molecule has 5 heteroatoms. The second-order valence-corrected chi connectivity index (χ2v) is 5.61. The molecule has 1 rings (SSSR count). The lowest BCUT2D eigenvalue weighted by molar-refractivity contribution is -0.120. The van der Waals surface area contributed by atoms with E-state index in [1.165, 1.54) is 0 Å². The number of carbonyl (C=O) groups is 2. The minimum Gasteiger partial charge on any atom is -0.354 e. The topological polar surface area (TPSA) is 58.2 Å². The SMILES string of the molecule is Cc1cccc(C(=O)NCC(=O)NCC(C)C)c1Br. The van der Waals surface area contributed by atoms with E-state index in [-0.39, 0.29) is 18.4 Å². The van der Waals surface area contributed by atoms with Gasteiger partial charge in [-0.3, -0.25) is 9.59 Å². The van der Waals surface area contributed by atoms with E-state index in [4.69, 9.17) is 0 Å². The van der Waals surface area contributed by atoms with E-state index in [0.29, 0.717) is 18.0 Å². The fourth-order valence-corrected chi connectivity index (χ4v) is 1.90. The third kappa shape index (κ3) is 5.03. The van der Waals surface area contributed by atoms with Gasteiger partial charge in [-0.2, -0.15) is 0 Å². The summed E-state index contributed by atoms with van der Waals surface area (Å²) in [4.78, 5) is 23.4. The first-order valence-corrected chi connectivity index (χ1v) is 7.01. The minimum absolute atomic E-state index is 0.00800. The normalized spacial score (nSPS) is 10.4. The Morgan fingerprint density at radius 2 is 1.95 bits per heavy atom.